The predicted molar refractivity (Wildman–Crippen MR) is 428 cm³/mol. The molecule has 53 heteroatoms. The van der Waals surface area contributed by atoms with E-state index in [1.54, 1.807) is 116 Å². The van der Waals surface area contributed by atoms with E-state index in [0.29, 0.717) is 64.7 Å². The van der Waals surface area contributed by atoms with Crippen molar-refractivity contribution in [1.82, 2.24) is 67.8 Å². The zero-order valence-corrected chi connectivity index (χ0v) is 70.8. The molecule has 8 unspecified atom stereocenters. The number of rotatable bonds is 38. The summed E-state index contributed by atoms with van der Waals surface area (Å²) >= 11 is 8.86. The third-order valence-electron chi connectivity index (χ3n) is 13.8. The summed E-state index contributed by atoms with van der Waals surface area (Å²) < 4.78 is 40.6. The number of thiazole rings is 4. The number of nitrogens with one attached hydrogen (secondary N) is 5. The number of Topliss-reactive ketones (excluding diaryl/α,β-unsaturated/α-hetero) is 1. The second-order valence-electron chi connectivity index (χ2n) is 21.9. The number of esters is 1. The van der Waals surface area contributed by atoms with Crippen LogP contribution in [0.5, 0.6) is 0 Å². The van der Waals surface area contributed by atoms with Gasteiger partial charge in [-0.3, -0.25) is 42.6 Å². The fraction of sp³-hybridized carbons (Fsp3) is 0.407. The Morgan fingerprint density at radius 1 is 0.661 bits per heavy atom. The van der Waals surface area contributed by atoms with Crippen LogP contribution in [0.15, 0.2) is 113 Å². The number of nitrogens with two attached hydrogens (primary N) is 1. The quantitative estimate of drug-likeness (QED) is 0.00251. The number of carbonyl (C=O) groups excluding carboxylic acids is 3. The topological polar surface area (TPSA) is 530 Å². The Hall–Kier alpha value is -5.88. The number of aliphatic hydroxyl groups is 3. The van der Waals surface area contributed by atoms with Crippen LogP contribution in [0.3, 0.4) is 0 Å². The van der Waals surface area contributed by atoms with E-state index in [0.717, 1.165) is 35.2 Å². The second kappa shape index (κ2) is 66.3. The van der Waals surface area contributed by atoms with E-state index in [1.165, 1.54) is 130 Å². The molecule has 0 spiro atoms. The number of imidazole rings is 5. The van der Waals surface area contributed by atoms with Crippen LogP contribution in [0, 0.1) is 34.1 Å². The Kier molecular flexibility index (Phi) is 65.3. The minimum atomic E-state index is -1.22. The first-order valence-corrected chi connectivity index (χ1v) is 36.7. The van der Waals surface area contributed by atoms with E-state index in [4.69, 9.17) is 46.2 Å². The maximum Gasteiger partial charge on any atom is 1.00 e. The first-order chi connectivity index (χ1) is 51.9. The number of ether oxygens (including phenoxy) is 3. The molecule has 8 atom stereocenters. The van der Waals surface area contributed by atoms with E-state index in [9.17, 15) is 49.8 Å². The Morgan fingerprint density at radius 3 is 1.44 bits per heavy atom. The summed E-state index contributed by atoms with van der Waals surface area (Å²) in [5, 5.41) is 103. The molecule has 0 aromatic carbocycles. The summed E-state index contributed by atoms with van der Waals surface area (Å²) in [4.78, 5) is 73.1. The van der Waals surface area contributed by atoms with Crippen LogP contribution in [0.1, 0.15) is 70.6 Å². The maximum absolute atomic E-state index is 12.3. The van der Waals surface area contributed by atoms with Crippen molar-refractivity contribution in [2.75, 3.05) is 21.3 Å². The summed E-state index contributed by atoms with van der Waals surface area (Å²) in [6, 6.07) is -0.463. The molecule has 0 saturated heterocycles. The first kappa shape index (κ1) is 110. The molecule has 0 aliphatic heterocycles. The van der Waals surface area contributed by atoms with Crippen LogP contribution in [-0.2, 0) is 74.5 Å². The number of ketones is 1. The normalized spacial score (nSPS) is 11.9. The van der Waals surface area contributed by atoms with Crippen molar-refractivity contribution in [1.29, 1.82) is 21.6 Å². The third kappa shape index (κ3) is 45.4. The molecule has 36 nitrogen and oxygen atoms in total. The molecule has 112 heavy (non-hydrogen) atoms. The van der Waals surface area contributed by atoms with E-state index < -0.39 is 88.1 Å². The average molecular weight is 1680 g/mol. The van der Waals surface area contributed by atoms with Crippen molar-refractivity contribution in [2.45, 2.75) is 133 Å². The van der Waals surface area contributed by atoms with Gasteiger partial charge in [0.15, 0.2) is 21.0 Å². The molecule has 0 aliphatic carbocycles. The van der Waals surface area contributed by atoms with Crippen molar-refractivity contribution in [2.24, 2.45) is 5.73 Å². The number of H-pyrrole nitrogens is 1. The molecule has 14 N–H and O–H groups in total. The number of carbonyl (C=O) groups is 3. The number of methoxy groups -OCH3 is 3. The molecule has 9 rings (SSSR count). The number of aromatic amines is 1. The number of hydrogen-bond acceptors (Lipinski definition) is 35. The molecule has 9 heterocycles. The SMILES string of the molecule is Brc1nccs1.CB(O)n1cnc(CC([B]OC=N)C(=O)c2nccs2)c1.CB(O)n1cnc(CC([B]OC=N)C(O)C=O)c1.CB(O)n1cnc(CC([B]OC=N)C(O)c2nccs2)c1.COC(=O)C([B]OC=N)Cc1cn(B(C)O)cn1.COC(OC)C(O)C(N)Cc1cnc[nH]1.[B].[CH2-]CCC.[H-].[Li+].[Li+].[Na+].[c-]1nccs1. The van der Waals surface area contributed by atoms with E-state index in [1.807, 2.05) is 10.8 Å². The van der Waals surface area contributed by atoms with Gasteiger partial charge in [0.25, 0.3) is 0 Å². The number of aliphatic hydroxyl groups excluding tert-OH is 3. The van der Waals surface area contributed by atoms with Gasteiger partial charge in [0, 0.05) is 130 Å². The molecule has 9 aromatic heterocycles. The molecule has 581 valence electrons. The van der Waals surface area contributed by atoms with Crippen LogP contribution in [0.25, 0.3) is 0 Å². The fourth-order valence-corrected chi connectivity index (χ4v) is 10.6. The van der Waals surface area contributed by atoms with E-state index >= 15 is 0 Å². The van der Waals surface area contributed by atoms with Crippen molar-refractivity contribution < 1.29 is 151 Å². The number of aldehydes is 1. The van der Waals surface area contributed by atoms with Crippen molar-refractivity contribution in [3.8, 4) is 0 Å². The van der Waals surface area contributed by atoms with Gasteiger partial charge in [-0.05, 0) is 68.0 Å². The van der Waals surface area contributed by atoms with Gasteiger partial charge in [-0.15, -0.1) is 45.6 Å². The van der Waals surface area contributed by atoms with Crippen molar-refractivity contribution in [3.05, 3.63) is 164 Å². The standard InChI is InChI=1S/C11H15B2N4O3S.C11H13B2N4O3S.2C9H14B2N3O4.C9H17N3O3.C4H9.C3H2BrNS.C3H2NS.B.2Li.Na.H/c2*1-13(19)17-5-8(16-7-17)4-9(12-20-6-14)10(18)11-15-2-3-21-11;1-11(16)14-4-7(13-6-14)3-8(9(15)17-2)10-18-5-12;1-11(17)14-3-7(13-6-14)2-8(9(16)4-15)10-18-5-12;1-14-9(15-2)8(13)7(10)3-6-4-11-5-12-6;1-3-4-2;4-3-5-1-2-6-3;1-2-5-3-4-1;;;;;/h2-3,5-7,9-10,14,18-19H,4H2,1H3;2-3,5-7,9,14,19H,4H2,1H3;4-6,8,12,16H,3H2,1-2H3;3-6,8-9,12,16-17H,2H2,1H3;4-5,7-9,13H,3,10H2,1-2H3,(H,11,12);1,3-4H2,2H3;1-2H;1-2H;;;;;/q;;;;;-1;;-1;;3*+1;-1. The number of aromatic nitrogens is 14. The fourth-order valence-electron chi connectivity index (χ4n) is 8.14. The molecular formula is C59H87B9BrLi2N19NaO17S4. The van der Waals surface area contributed by atoms with Gasteiger partial charge in [-0.1, -0.05) is 13.3 Å². The van der Waals surface area contributed by atoms with Crippen LogP contribution < -0.4 is 73.0 Å². The summed E-state index contributed by atoms with van der Waals surface area (Å²) in [7, 11) is 6.64. The number of nitrogens with zero attached hydrogens (tertiary/aromatic N) is 13. The third-order valence-corrected chi connectivity index (χ3v) is 17.2. The molecule has 9 aromatic rings. The molecule has 0 saturated carbocycles. The largest absolute Gasteiger partial charge is 1.00 e. The Morgan fingerprint density at radius 2 is 1.10 bits per heavy atom. The van der Waals surface area contributed by atoms with Crippen LogP contribution in [0.2, 0.25) is 50.6 Å². The van der Waals surface area contributed by atoms with Gasteiger partial charge in [-0.25, -0.2) is 39.9 Å². The maximum atomic E-state index is 12.3. The Balaban J connectivity index is -0.000000621. The number of halogens is 1. The average Bonchev–Trinajstić information content (AvgIpc) is 1.76. The van der Waals surface area contributed by atoms with E-state index in [2.05, 4.69) is 99.2 Å². The van der Waals surface area contributed by atoms with Crippen LogP contribution in [-0.4, -0.2) is 259 Å². The monoisotopic (exact) mass is 1680 g/mol. The molecule has 7 radical (unpaired) electrons. The first-order valence-electron chi connectivity index (χ1n) is 32.4. The Labute approximate surface area is 729 Å². The summed E-state index contributed by atoms with van der Waals surface area (Å²) in [5.41, 5.74) is 11.9. The summed E-state index contributed by atoms with van der Waals surface area (Å²) in [5.74, 6) is -2.87. The molecule has 0 fully saturated rings. The Bertz CT molecular complexity index is 3760. The number of hydrogen-bond donors (Lipinski definition) is 13. The zero-order valence-electron chi connectivity index (χ0n) is 64.9. The molecular weight excluding hydrogens is 1590 g/mol. The smallest absolute Gasteiger partial charge is 1.00 e. The van der Waals surface area contributed by atoms with E-state index in [-0.39, 0.29) is 95.7 Å². The minimum absolute atomic E-state index is 0. The minimum Gasteiger partial charge on any atom is -1.00 e. The summed E-state index contributed by atoms with van der Waals surface area (Å²) in [6.07, 6.45) is 26.3. The van der Waals surface area contributed by atoms with Gasteiger partial charge < -0.3 is 115 Å². The van der Waals surface area contributed by atoms with Crippen molar-refractivity contribution >= 4 is 171 Å². The molecule has 0 amide bonds. The van der Waals surface area contributed by atoms with Gasteiger partial charge >= 0.3 is 131 Å². The van der Waals surface area contributed by atoms with Crippen LogP contribution >= 0.6 is 61.3 Å². The second-order valence-corrected chi connectivity index (χ2v) is 26.6. The predicted octanol–water partition coefficient (Wildman–Crippen LogP) is -5.60. The zero-order chi connectivity index (χ0) is 80.2. The van der Waals surface area contributed by atoms with Crippen LogP contribution in [0.4, 0.5) is 0 Å². The molecule has 0 aliphatic rings. The van der Waals surface area contributed by atoms with Gasteiger partial charge in [0.1, 0.15) is 55.2 Å². The van der Waals surface area contributed by atoms with Gasteiger partial charge in [-0.2, -0.15) is 6.42 Å². The van der Waals surface area contributed by atoms with Crippen molar-refractivity contribution in [3.63, 3.8) is 0 Å². The molecule has 0 bridgehead atoms. The van der Waals surface area contributed by atoms with Gasteiger partial charge in [0.05, 0.1) is 67.3 Å². The summed E-state index contributed by atoms with van der Waals surface area (Å²) in [6.45, 7) is 12.2. The van der Waals surface area contributed by atoms with Gasteiger partial charge in [0.2, 0.25) is 0 Å². The number of unbranched alkanes of at least 4 members (excludes halogenated alkanes) is 1.